The lowest BCUT2D eigenvalue weighted by Gasteiger charge is -2.31. The molecule has 0 unspecified atom stereocenters. The van der Waals surface area contributed by atoms with E-state index in [2.05, 4.69) is 32.0 Å². The first-order valence-corrected chi connectivity index (χ1v) is 8.89. The molecule has 0 bridgehead atoms. The fourth-order valence-corrected chi connectivity index (χ4v) is 3.06. The summed E-state index contributed by atoms with van der Waals surface area (Å²) in [6.45, 7) is 5.08. The molecule has 0 aromatic carbocycles. The van der Waals surface area contributed by atoms with Crippen molar-refractivity contribution in [2.24, 2.45) is 0 Å². The van der Waals surface area contributed by atoms with Crippen LogP contribution >= 0.6 is 0 Å². The summed E-state index contributed by atoms with van der Waals surface area (Å²) >= 11 is 0. The molecule has 4 heterocycles. The molecule has 0 saturated carbocycles. The van der Waals surface area contributed by atoms with Crippen LogP contribution in [-0.2, 0) is 0 Å². The van der Waals surface area contributed by atoms with Crippen LogP contribution in [0.3, 0.4) is 0 Å². The van der Waals surface area contributed by atoms with E-state index in [4.69, 9.17) is 0 Å². The van der Waals surface area contributed by atoms with E-state index in [0.29, 0.717) is 24.5 Å². The summed E-state index contributed by atoms with van der Waals surface area (Å²) in [5.41, 5.74) is 3.56. The van der Waals surface area contributed by atoms with E-state index in [-0.39, 0.29) is 5.91 Å². The first kappa shape index (κ1) is 17.3. The van der Waals surface area contributed by atoms with Gasteiger partial charge in [-0.3, -0.25) is 9.78 Å². The number of aryl methyl sites for hydroxylation is 1. The van der Waals surface area contributed by atoms with Gasteiger partial charge in [0.15, 0.2) is 5.69 Å². The first-order valence-electron chi connectivity index (χ1n) is 8.89. The summed E-state index contributed by atoms with van der Waals surface area (Å²) in [6.07, 6.45) is 4.91. The minimum absolute atomic E-state index is 0.0581. The van der Waals surface area contributed by atoms with Gasteiger partial charge in [-0.25, -0.2) is 14.6 Å². The molecule has 1 saturated heterocycles. The monoisotopic (exact) mass is 363 g/mol. The van der Waals surface area contributed by atoms with Crippen LogP contribution in [0.1, 0.15) is 16.2 Å². The second kappa shape index (κ2) is 7.24. The molecule has 1 amide bonds. The molecule has 8 heteroatoms. The predicted molar refractivity (Wildman–Crippen MR) is 101 cm³/mol. The van der Waals surface area contributed by atoms with Gasteiger partial charge in [0.25, 0.3) is 5.91 Å². The number of carbonyl (C=O) groups is 1. The molecule has 1 aliphatic rings. The van der Waals surface area contributed by atoms with Gasteiger partial charge in [0.05, 0.1) is 23.3 Å². The number of likely N-dealkylation sites (N-methyl/N-ethyl adjacent to an activating group) is 1. The molecule has 4 rings (SSSR count). The number of pyridine rings is 1. The van der Waals surface area contributed by atoms with Crippen molar-refractivity contribution in [1.29, 1.82) is 0 Å². The third-order valence-electron chi connectivity index (χ3n) is 4.70. The van der Waals surface area contributed by atoms with E-state index < -0.39 is 0 Å². The largest absolute Gasteiger partial charge is 0.335 e. The highest BCUT2D eigenvalue weighted by atomic mass is 16.2. The molecule has 0 spiro atoms. The van der Waals surface area contributed by atoms with Crippen LogP contribution in [0.4, 0.5) is 0 Å². The fraction of sp³-hybridized carbons (Fsp3) is 0.316. The van der Waals surface area contributed by atoms with Gasteiger partial charge in [0.1, 0.15) is 6.33 Å². The van der Waals surface area contributed by atoms with E-state index in [1.165, 1.54) is 6.33 Å². The minimum atomic E-state index is -0.0581. The quantitative estimate of drug-likeness (QED) is 0.700. The topological polar surface area (TPSA) is 80.0 Å². The Morgan fingerprint density at radius 1 is 1.07 bits per heavy atom. The Balaban J connectivity index is 1.73. The first-order chi connectivity index (χ1) is 13.1. The van der Waals surface area contributed by atoms with Crippen LogP contribution in [0.25, 0.3) is 17.1 Å². The van der Waals surface area contributed by atoms with Gasteiger partial charge in [-0.15, -0.1) is 0 Å². The number of hydrogen-bond acceptors (Lipinski definition) is 6. The van der Waals surface area contributed by atoms with Crippen molar-refractivity contribution in [2.45, 2.75) is 6.92 Å². The molecule has 1 fully saturated rings. The lowest BCUT2D eigenvalue weighted by Crippen LogP contribution is -2.47. The Kier molecular flexibility index (Phi) is 4.64. The van der Waals surface area contributed by atoms with Crippen molar-refractivity contribution in [1.82, 2.24) is 34.5 Å². The molecule has 8 nitrogen and oxygen atoms in total. The molecule has 0 radical (unpaired) electrons. The van der Waals surface area contributed by atoms with Crippen LogP contribution in [-0.4, -0.2) is 73.7 Å². The Labute approximate surface area is 157 Å². The number of amides is 1. The average molecular weight is 363 g/mol. The Morgan fingerprint density at radius 3 is 2.56 bits per heavy atom. The molecule has 138 valence electrons. The summed E-state index contributed by atoms with van der Waals surface area (Å²) < 4.78 is 1.72. The Bertz CT molecular complexity index is 928. The standard InChI is InChI=1S/C19H21N7O/c1-14-3-4-15(12-21-14)26-18(16-5-6-20-13-22-16)11-17(23-26)19(27)25-9-7-24(2)8-10-25/h3-6,11-13H,7-10H2,1-2H3. The zero-order valence-electron chi connectivity index (χ0n) is 15.4. The van der Waals surface area contributed by atoms with Crippen molar-refractivity contribution in [3.63, 3.8) is 0 Å². The number of hydrogen-bond donors (Lipinski definition) is 0. The highest BCUT2D eigenvalue weighted by Crippen LogP contribution is 2.23. The molecule has 0 aliphatic carbocycles. The maximum atomic E-state index is 13.0. The smallest absolute Gasteiger partial charge is 0.274 e. The summed E-state index contributed by atoms with van der Waals surface area (Å²) in [4.78, 5) is 29.7. The Morgan fingerprint density at radius 2 is 1.89 bits per heavy atom. The second-order valence-electron chi connectivity index (χ2n) is 6.67. The number of aromatic nitrogens is 5. The number of rotatable bonds is 3. The van der Waals surface area contributed by atoms with E-state index in [9.17, 15) is 4.79 Å². The van der Waals surface area contributed by atoms with Gasteiger partial charge in [-0.2, -0.15) is 5.10 Å². The molecule has 1 aliphatic heterocycles. The van der Waals surface area contributed by atoms with Gasteiger partial charge in [-0.05, 0) is 38.2 Å². The van der Waals surface area contributed by atoms with E-state index in [1.54, 1.807) is 29.2 Å². The molecule has 0 atom stereocenters. The SMILES string of the molecule is Cc1ccc(-n2nc(C(=O)N3CCN(C)CC3)cc2-c2ccncn2)cn1. The van der Waals surface area contributed by atoms with Crippen LogP contribution in [0.2, 0.25) is 0 Å². The summed E-state index contributed by atoms with van der Waals surface area (Å²) in [6, 6.07) is 7.45. The van der Waals surface area contributed by atoms with E-state index >= 15 is 0 Å². The normalized spacial score (nSPS) is 15.1. The zero-order valence-corrected chi connectivity index (χ0v) is 15.4. The van der Waals surface area contributed by atoms with Crippen molar-refractivity contribution >= 4 is 5.91 Å². The van der Waals surface area contributed by atoms with Crippen molar-refractivity contribution < 1.29 is 4.79 Å². The highest BCUT2D eigenvalue weighted by molar-refractivity contribution is 5.93. The highest BCUT2D eigenvalue weighted by Gasteiger charge is 2.24. The van der Waals surface area contributed by atoms with E-state index in [1.807, 2.05) is 24.0 Å². The molecule has 0 N–H and O–H groups in total. The third-order valence-corrected chi connectivity index (χ3v) is 4.70. The fourth-order valence-electron chi connectivity index (χ4n) is 3.06. The minimum Gasteiger partial charge on any atom is -0.335 e. The molecular formula is C19H21N7O. The zero-order chi connectivity index (χ0) is 18.8. The number of piperazine rings is 1. The third kappa shape index (κ3) is 3.56. The maximum absolute atomic E-state index is 13.0. The van der Waals surface area contributed by atoms with Gasteiger partial charge in [0.2, 0.25) is 0 Å². The van der Waals surface area contributed by atoms with Crippen molar-refractivity contribution in [3.8, 4) is 17.1 Å². The van der Waals surface area contributed by atoms with Crippen LogP contribution < -0.4 is 0 Å². The number of carbonyl (C=O) groups excluding carboxylic acids is 1. The van der Waals surface area contributed by atoms with Gasteiger partial charge in [0, 0.05) is 38.1 Å². The maximum Gasteiger partial charge on any atom is 0.274 e. The van der Waals surface area contributed by atoms with E-state index in [0.717, 1.165) is 30.2 Å². The molecule has 3 aromatic rings. The molecule has 27 heavy (non-hydrogen) atoms. The van der Waals surface area contributed by atoms with Crippen LogP contribution in [0.5, 0.6) is 0 Å². The summed E-state index contributed by atoms with van der Waals surface area (Å²) in [5, 5.41) is 4.59. The number of nitrogens with zero attached hydrogens (tertiary/aromatic N) is 7. The van der Waals surface area contributed by atoms with Crippen molar-refractivity contribution in [2.75, 3.05) is 33.2 Å². The lowest BCUT2D eigenvalue weighted by atomic mass is 10.2. The lowest BCUT2D eigenvalue weighted by molar-refractivity contribution is 0.0657. The van der Waals surface area contributed by atoms with Crippen LogP contribution in [0, 0.1) is 6.92 Å². The van der Waals surface area contributed by atoms with Gasteiger partial charge < -0.3 is 9.80 Å². The molecular weight excluding hydrogens is 342 g/mol. The van der Waals surface area contributed by atoms with Gasteiger partial charge in [-0.1, -0.05) is 0 Å². The van der Waals surface area contributed by atoms with Gasteiger partial charge >= 0.3 is 0 Å². The van der Waals surface area contributed by atoms with Crippen LogP contribution in [0.15, 0.2) is 43.0 Å². The summed E-state index contributed by atoms with van der Waals surface area (Å²) in [7, 11) is 2.06. The second-order valence-corrected chi connectivity index (χ2v) is 6.67. The Hall–Kier alpha value is -3.13. The van der Waals surface area contributed by atoms with Crippen molar-refractivity contribution in [3.05, 3.63) is 54.4 Å². The summed E-state index contributed by atoms with van der Waals surface area (Å²) in [5.74, 6) is -0.0581. The predicted octanol–water partition coefficient (Wildman–Crippen LogP) is 1.42. The molecule has 3 aromatic heterocycles. The average Bonchev–Trinajstić information content (AvgIpc) is 3.15.